The summed E-state index contributed by atoms with van der Waals surface area (Å²) in [6, 6.07) is 16.0. The topological polar surface area (TPSA) is 29.1 Å². The smallest absolute Gasteiger partial charge is 0.231 e. The van der Waals surface area contributed by atoms with Crippen molar-refractivity contribution in [1.29, 1.82) is 0 Å². The third kappa shape index (κ3) is 3.47. The van der Waals surface area contributed by atoms with Gasteiger partial charge in [-0.2, -0.15) is 0 Å². The number of hydrogen-bond acceptors (Lipinski definition) is 1. The van der Waals surface area contributed by atoms with Crippen molar-refractivity contribution < 1.29 is 4.79 Å². The van der Waals surface area contributed by atoms with E-state index in [1.165, 1.54) is 0 Å². The molecule has 0 aliphatic carbocycles. The molecule has 2 aromatic rings. The van der Waals surface area contributed by atoms with Gasteiger partial charge in [0.05, 0.1) is 5.92 Å². The van der Waals surface area contributed by atoms with Gasteiger partial charge < -0.3 is 5.32 Å². The Kier molecular flexibility index (Phi) is 4.57. The molecule has 2 rings (SSSR count). The third-order valence-electron chi connectivity index (χ3n) is 3.42. The standard InChI is InChI=1S/C18H21NO/c1-4-17(15-8-6-5-7-9-15)18(20)19-16-11-13(2)10-14(3)12-16/h5-12,17H,4H2,1-3H3,(H,19,20)/t17-/m0/s1. The van der Waals surface area contributed by atoms with E-state index < -0.39 is 0 Å². The van der Waals surface area contributed by atoms with E-state index in [9.17, 15) is 4.79 Å². The summed E-state index contributed by atoms with van der Waals surface area (Å²) in [5.41, 5.74) is 4.26. The maximum absolute atomic E-state index is 12.5. The normalized spacial score (nSPS) is 11.9. The number of rotatable bonds is 4. The van der Waals surface area contributed by atoms with Crippen LogP contribution in [0.2, 0.25) is 0 Å². The highest BCUT2D eigenvalue weighted by atomic mass is 16.1. The van der Waals surface area contributed by atoms with Crippen LogP contribution in [0.25, 0.3) is 0 Å². The summed E-state index contributed by atoms with van der Waals surface area (Å²) in [5, 5.41) is 3.03. The van der Waals surface area contributed by atoms with E-state index in [-0.39, 0.29) is 11.8 Å². The minimum Gasteiger partial charge on any atom is -0.326 e. The van der Waals surface area contributed by atoms with Gasteiger partial charge in [-0.25, -0.2) is 0 Å². The van der Waals surface area contributed by atoms with Gasteiger partial charge in [-0.15, -0.1) is 0 Å². The number of amides is 1. The van der Waals surface area contributed by atoms with Crippen LogP contribution in [-0.2, 0) is 4.79 Å². The molecule has 104 valence electrons. The lowest BCUT2D eigenvalue weighted by molar-refractivity contribution is -0.117. The third-order valence-corrected chi connectivity index (χ3v) is 3.42. The van der Waals surface area contributed by atoms with Crippen LogP contribution in [0.15, 0.2) is 48.5 Å². The molecule has 20 heavy (non-hydrogen) atoms. The highest BCUT2D eigenvalue weighted by Gasteiger charge is 2.18. The van der Waals surface area contributed by atoms with Gasteiger partial charge in [-0.1, -0.05) is 43.3 Å². The predicted molar refractivity (Wildman–Crippen MR) is 84.0 cm³/mol. The molecular weight excluding hydrogens is 246 g/mol. The van der Waals surface area contributed by atoms with Crippen molar-refractivity contribution in [2.75, 3.05) is 5.32 Å². The first-order valence-electron chi connectivity index (χ1n) is 7.04. The lowest BCUT2D eigenvalue weighted by Crippen LogP contribution is -2.20. The minimum absolute atomic E-state index is 0.0590. The first-order chi connectivity index (χ1) is 9.60. The second-order valence-corrected chi connectivity index (χ2v) is 5.24. The molecule has 0 aliphatic rings. The fraction of sp³-hybridized carbons (Fsp3) is 0.278. The Hall–Kier alpha value is -2.09. The Morgan fingerprint density at radius 3 is 2.20 bits per heavy atom. The molecule has 0 unspecified atom stereocenters. The molecule has 0 heterocycles. The van der Waals surface area contributed by atoms with Crippen molar-refractivity contribution in [1.82, 2.24) is 0 Å². The summed E-state index contributed by atoms with van der Waals surface area (Å²) in [7, 11) is 0. The fourth-order valence-electron chi connectivity index (χ4n) is 2.53. The zero-order valence-electron chi connectivity index (χ0n) is 12.3. The van der Waals surface area contributed by atoms with Crippen LogP contribution in [0.4, 0.5) is 5.69 Å². The van der Waals surface area contributed by atoms with E-state index in [4.69, 9.17) is 0 Å². The Labute approximate surface area is 120 Å². The van der Waals surface area contributed by atoms with Crippen LogP contribution in [0.5, 0.6) is 0 Å². The zero-order chi connectivity index (χ0) is 14.5. The molecule has 0 aromatic heterocycles. The lowest BCUT2D eigenvalue weighted by atomic mass is 9.95. The molecule has 2 nitrogen and oxygen atoms in total. The predicted octanol–water partition coefficient (Wildman–Crippen LogP) is 4.44. The van der Waals surface area contributed by atoms with Gasteiger partial charge in [0, 0.05) is 5.69 Å². The van der Waals surface area contributed by atoms with Crippen LogP contribution < -0.4 is 5.32 Å². The summed E-state index contributed by atoms with van der Waals surface area (Å²) in [5.74, 6) is -0.0410. The molecule has 1 amide bonds. The Bertz CT molecular complexity index is 569. The summed E-state index contributed by atoms with van der Waals surface area (Å²) >= 11 is 0. The Morgan fingerprint density at radius 1 is 1.05 bits per heavy atom. The van der Waals surface area contributed by atoms with E-state index in [0.29, 0.717) is 0 Å². The molecule has 2 aromatic carbocycles. The van der Waals surface area contributed by atoms with Gasteiger partial charge >= 0.3 is 0 Å². The van der Waals surface area contributed by atoms with Crippen molar-refractivity contribution in [3.05, 3.63) is 65.2 Å². The summed E-state index contributed by atoms with van der Waals surface area (Å²) in [6.07, 6.45) is 0.792. The fourth-order valence-corrected chi connectivity index (χ4v) is 2.53. The van der Waals surface area contributed by atoms with Crippen LogP contribution in [0, 0.1) is 13.8 Å². The number of aryl methyl sites for hydroxylation is 2. The highest BCUT2D eigenvalue weighted by molar-refractivity contribution is 5.95. The number of nitrogens with one attached hydrogen (secondary N) is 1. The highest BCUT2D eigenvalue weighted by Crippen LogP contribution is 2.22. The number of carbonyl (C=O) groups is 1. The number of hydrogen-bond donors (Lipinski definition) is 1. The summed E-state index contributed by atoms with van der Waals surface area (Å²) in [4.78, 5) is 12.5. The number of carbonyl (C=O) groups excluding carboxylic acids is 1. The van der Waals surface area contributed by atoms with E-state index in [0.717, 1.165) is 28.8 Å². The molecular formula is C18H21NO. The van der Waals surface area contributed by atoms with Gasteiger partial charge in [0.25, 0.3) is 0 Å². The largest absolute Gasteiger partial charge is 0.326 e. The molecule has 0 saturated carbocycles. The van der Waals surface area contributed by atoms with Gasteiger partial charge in [0.2, 0.25) is 5.91 Å². The van der Waals surface area contributed by atoms with Crippen LogP contribution in [-0.4, -0.2) is 5.91 Å². The molecule has 0 fully saturated rings. The lowest BCUT2D eigenvalue weighted by Gasteiger charge is -2.16. The first kappa shape index (κ1) is 14.3. The first-order valence-corrected chi connectivity index (χ1v) is 7.04. The van der Waals surface area contributed by atoms with Crippen LogP contribution in [0.3, 0.4) is 0 Å². The molecule has 2 heteroatoms. The second kappa shape index (κ2) is 6.38. The van der Waals surface area contributed by atoms with Crippen molar-refractivity contribution in [3.63, 3.8) is 0 Å². The van der Waals surface area contributed by atoms with E-state index in [1.807, 2.05) is 63.2 Å². The molecule has 0 spiro atoms. The van der Waals surface area contributed by atoms with Gasteiger partial charge in [0.1, 0.15) is 0 Å². The second-order valence-electron chi connectivity index (χ2n) is 5.24. The van der Waals surface area contributed by atoms with Crippen molar-refractivity contribution in [2.45, 2.75) is 33.1 Å². The average Bonchev–Trinajstić information content (AvgIpc) is 2.39. The number of benzene rings is 2. The monoisotopic (exact) mass is 267 g/mol. The molecule has 0 radical (unpaired) electrons. The van der Waals surface area contributed by atoms with Gasteiger partial charge in [-0.05, 0) is 49.1 Å². The quantitative estimate of drug-likeness (QED) is 0.872. The van der Waals surface area contributed by atoms with Gasteiger partial charge in [0.15, 0.2) is 0 Å². The summed E-state index contributed by atoms with van der Waals surface area (Å²) in [6.45, 7) is 6.12. The minimum atomic E-state index is -0.1000. The molecule has 0 saturated heterocycles. The van der Waals surface area contributed by atoms with Crippen molar-refractivity contribution in [2.24, 2.45) is 0 Å². The molecule has 1 N–H and O–H groups in total. The molecule has 1 atom stereocenters. The van der Waals surface area contributed by atoms with E-state index >= 15 is 0 Å². The van der Waals surface area contributed by atoms with Crippen molar-refractivity contribution in [3.8, 4) is 0 Å². The van der Waals surface area contributed by atoms with Crippen LogP contribution in [0.1, 0.15) is 36.0 Å². The molecule has 0 aliphatic heterocycles. The molecule has 0 bridgehead atoms. The maximum atomic E-state index is 12.5. The van der Waals surface area contributed by atoms with E-state index in [1.54, 1.807) is 0 Å². The van der Waals surface area contributed by atoms with Crippen LogP contribution >= 0.6 is 0 Å². The average molecular weight is 267 g/mol. The van der Waals surface area contributed by atoms with E-state index in [2.05, 4.69) is 11.4 Å². The Morgan fingerprint density at radius 2 is 1.65 bits per heavy atom. The van der Waals surface area contributed by atoms with Crippen molar-refractivity contribution >= 4 is 11.6 Å². The summed E-state index contributed by atoms with van der Waals surface area (Å²) < 4.78 is 0. The van der Waals surface area contributed by atoms with Gasteiger partial charge in [-0.3, -0.25) is 4.79 Å². The number of anilines is 1. The SMILES string of the molecule is CC[C@H](C(=O)Nc1cc(C)cc(C)c1)c1ccccc1. The Balaban J connectivity index is 2.18. The maximum Gasteiger partial charge on any atom is 0.231 e. The zero-order valence-corrected chi connectivity index (χ0v) is 12.3.